The van der Waals surface area contributed by atoms with Crippen molar-refractivity contribution in [3.05, 3.63) is 17.8 Å². The van der Waals surface area contributed by atoms with Gasteiger partial charge in [-0.15, -0.1) is 0 Å². The Morgan fingerprint density at radius 2 is 2.16 bits per heavy atom. The minimum Gasteiger partial charge on any atom is -0.494 e. The average molecular weight is 284 g/mol. The number of rotatable bonds is 5. The van der Waals surface area contributed by atoms with Gasteiger partial charge in [0.25, 0.3) is 0 Å². The second-order valence-corrected chi connectivity index (χ2v) is 6.08. The zero-order valence-corrected chi connectivity index (χ0v) is 11.9. The van der Waals surface area contributed by atoms with Crippen molar-refractivity contribution in [2.45, 2.75) is 20.3 Å². The molecule has 0 aliphatic carbocycles. The molecular weight excluding hydrogens is 268 g/mol. The zero-order chi connectivity index (χ0) is 14.0. The molecule has 0 radical (unpaired) electrons. The zero-order valence-electron chi connectivity index (χ0n) is 11.1. The smallest absolute Gasteiger partial charge is 0.232 e. The van der Waals surface area contributed by atoms with Crippen LogP contribution in [0.5, 0.6) is 5.75 Å². The Kier molecular flexibility index (Phi) is 3.66. The van der Waals surface area contributed by atoms with Crippen LogP contribution in [0.25, 0.3) is 11.0 Å². The van der Waals surface area contributed by atoms with E-state index < -0.39 is 10.0 Å². The van der Waals surface area contributed by atoms with E-state index in [4.69, 9.17) is 9.26 Å². The van der Waals surface area contributed by atoms with Crippen molar-refractivity contribution in [2.24, 2.45) is 0 Å². The standard InChI is InChI=1S/C12H16N2O4S/c1-4-5-19(15,16)14-10-6-9-8(2)13-18-11(9)7-12(10)17-3/h6-7,14H,4-5H2,1-3H3. The van der Waals surface area contributed by atoms with Gasteiger partial charge in [0.05, 0.1) is 24.2 Å². The van der Waals surface area contributed by atoms with Gasteiger partial charge in [0.2, 0.25) is 10.0 Å². The van der Waals surface area contributed by atoms with Gasteiger partial charge in [0.15, 0.2) is 5.58 Å². The Hall–Kier alpha value is -1.76. The summed E-state index contributed by atoms with van der Waals surface area (Å²) in [5, 5.41) is 4.60. The molecule has 0 saturated heterocycles. The van der Waals surface area contributed by atoms with E-state index in [9.17, 15) is 8.42 Å². The molecule has 1 heterocycles. The van der Waals surface area contributed by atoms with Crippen LogP contribution in [-0.4, -0.2) is 26.4 Å². The molecule has 0 amide bonds. The summed E-state index contributed by atoms with van der Waals surface area (Å²) in [7, 11) is -1.89. The first-order valence-corrected chi connectivity index (χ1v) is 7.56. The van der Waals surface area contributed by atoms with Crippen molar-refractivity contribution in [1.82, 2.24) is 5.16 Å². The van der Waals surface area contributed by atoms with E-state index in [1.54, 1.807) is 19.1 Å². The summed E-state index contributed by atoms with van der Waals surface area (Å²) in [6.07, 6.45) is 0.548. The lowest BCUT2D eigenvalue weighted by molar-refractivity contribution is 0.413. The van der Waals surface area contributed by atoms with Crippen LogP contribution < -0.4 is 9.46 Å². The van der Waals surface area contributed by atoms with Crippen LogP contribution in [0.1, 0.15) is 19.0 Å². The summed E-state index contributed by atoms with van der Waals surface area (Å²) in [5.74, 6) is 0.472. The van der Waals surface area contributed by atoms with E-state index >= 15 is 0 Å². The largest absolute Gasteiger partial charge is 0.494 e. The number of nitrogens with zero attached hydrogens (tertiary/aromatic N) is 1. The molecule has 0 saturated carbocycles. The summed E-state index contributed by atoms with van der Waals surface area (Å²) in [6, 6.07) is 3.30. The van der Waals surface area contributed by atoms with E-state index in [0.29, 0.717) is 29.1 Å². The molecule has 2 rings (SSSR count). The summed E-state index contributed by atoms with van der Waals surface area (Å²) in [5.41, 5.74) is 1.66. The van der Waals surface area contributed by atoms with Crippen LogP contribution >= 0.6 is 0 Å². The summed E-state index contributed by atoms with van der Waals surface area (Å²) < 4.78 is 36.5. The maximum absolute atomic E-state index is 11.8. The molecule has 7 heteroatoms. The van der Waals surface area contributed by atoms with Crippen LogP contribution in [0.2, 0.25) is 0 Å². The van der Waals surface area contributed by atoms with Crippen molar-refractivity contribution in [1.29, 1.82) is 0 Å². The Bertz CT molecular complexity index is 691. The molecule has 0 atom stereocenters. The maximum Gasteiger partial charge on any atom is 0.232 e. The summed E-state index contributed by atoms with van der Waals surface area (Å²) in [6.45, 7) is 3.60. The highest BCUT2D eigenvalue weighted by Crippen LogP contribution is 2.32. The number of nitrogens with one attached hydrogen (secondary N) is 1. The molecule has 19 heavy (non-hydrogen) atoms. The van der Waals surface area contributed by atoms with Gasteiger partial charge in [-0.25, -0.2) is 8.42 Å². The van der Waals surface area contributed by atoms with Gasteiger partial charge in [-0.3, -0.25) is 4.72 Å². The number of fused-ring (bicyclic) bond motifs is 1. The van der Waals surface area contributed by atoms with E-state index in [1.807, 2.05) is 6.92 Å². The van der Waals surface area contributed by atoms with Gasteiger partial charge in [-0.05, 0) is 19.4 Å². The summed E-state index contributed by atoms with van der Waals surface area (Å²) >= 11 is 0. The molecule has 0 spiro atoms. The Balaban J connectivity index is 2.49. The van der Waals surface area contributed by atoms with Gasteiger partial charge in [-0.1, -0.05) is 12.1 Å². The minimum atomic E-state index is -3.36. The van der Waals surface area contributed by atoms with Crippen LogP contribution in [0.15, 0.2) is 16.7 Å². The van der Waals surface area contributed by atoms with Crippen molar-refractivity contribution >= 4 is 26.7 Å². The van der Waals surface area contributed by atoms with Crippen LogP contribution in [0.4, 0.5) is 5.69 Å². The van der Waals surface area contributed by atoms with E-state index in [2.05, 4.69) is 9.88 Å². The molecule has 0 bridgehead atoms. The third kappa shape index (κ3) is 2.81. The van der Waals surface area contributed by atoms with Crippen LogP contribution in [0, 0.1) is 6.92 Å². The summed E-state index contributed by atoms with van der Waals surface area (Å²) in [4.78, 5) is 0. The molecule has 0 aliphatic heterocycles. The number of hydrogen-bond acceptors (Lipinski definition) is 5. The first-order valence-electron chi connectivity index (χ1n) is 5.91. The lowest BCUT2D eigenvalue weighted by Crippen LogP contribution is -2.16. The molecule has 1 aromatic carbocycles. The Morgan fingerprint density at radius 1 is 1.42 bits per heavy atom. The van der Waals surface area contributed by atoms with Gasteiger partial charge >= 0.3 is 0 Å². The van der Waals surface area contributed by atoms with Crippen molar-refractivity contribution in [3.8, 4) is 5.75 Å². The highest BCUT2D eigenvalue weighted by Gasteiger charge is 2.16. The predicted octanol–water partition coefficient (Wildman–Crippen LogP) is 2.30. The fourth-order valence-electron chi connectivity index (χ4n) is 1.82. The molecular formula is C12H16N2O4S. The van der Waals surface area contributed by atoms with E-state index in [0.717, 1.165) is 5.39 Å². The number of ether oxygens (including phenoxy) is 1. The molecule has 0 unspecified atom stereocenters. The molecule has 1 aromatic heterocycles. The number of aryl methyl sites for hydroxylation is 1. The molecule has 104 valence electrons. The minimum absolute atomic E-state index is 0.0663. The first kappa shape index (κ1) is 13.7. The van der Waals surface area contributed by atoms with E-state index in [1.165, 1.54) is 7.11 Å². The third-order valence-electron chi connectivity index (χ3n) is 2.71. The molecule has 1 N–H and O–H groups in total. The Labute approximate surface area is 111 Å². The van der Waals surface area contributed by atoms with Gasteiger partial charge < -0.3 is 9.26 Å². The number of anilines is 1. The van der Waals surface area contributed by atoms with E-state index in [-0.39, 0.29) is 5.75 Å². The van der Waals surface area contributed by atoms with Crippen molar-refractivity contribution < 1.29 is 17.7 Å². The average Bonchev–Trinajstić information content (AvgIpc) is 2.69. The predicted molar refractivity (Wildman–Crippen MR) is 73.0 cm³/mol. The molecule has 0 fully saturated rings. The van der Waals surface area contributed by atoms with Crippen LogP contribution in [0.3, 0.4) is 0 Å². The molecule has 2 aromatic rings. The number of sulfonamides is 1. The Morgan fingerprint density at radius 3 is 2.79 bits per heavy atom. The number of benzene rings is 1. The fourth-order valence-corrected chi connectivity index (χ4v) is 2.96. The topological polar surface area (TPSA) is 81.4 Å². The fraction of sp³-hybridized carbons (Fsp3) is 0.417. The van der Waals surface area contributed by atoms with Crippen molar-refractivity contribution in [3.63, 3.8) is 0 Å². The monoisotopic (exact) mass is 284 g/mol. The van der Waals surface area contributed by atoms with Gasteiger partial charge in [0.1, 0.15) is 5.75 Å². The molecule has 0 aliphatic rings. The molecule has 6 nitrogen and oxygen atoms in total. The van der Waals surface area contributed by atoms with Crippen LogP contribution in [-0.2, 0) is 10.0 Å². The number of aromatic nitrogens is 1. The second kappa shape index (κ2) is 5.08. The van der Waals surface area contributed by atoms with Gasteiger partial charge in [0, 0.05) is 11.5 Å². The SMILES string of the molecule is CCCS(=O)(=O)Nc1cc2c(C)noc2cc1OC. The normalized spacial score (nSPS) is 11.7. The second-order valence-electron chi connectivity index (χ2n) is 4.24. The number of hydrogen-bond donors (Lipinski definition) is 1. The highest BCUT2D eigenvalue weighted by molar-refractivity contribution is 7.92. The third-order valence-corrected chi connectivity index (χ3v) is 4.19. The maximum atomic E-state index is 11.8. The van der Waals surface area contributed by atoms with Crippen molar-refractivity contribution in [2.75, 3.05) is 17.6 Å². The van der Waals surface area contributed by atoms with Gasteiger partial charge in [-0.2, -0.15) is 0 Å². The highest BCUT2D eigenvalue weighted by atomic mass is 32.2. The first-order chi connectivity index (χ1) is 8.96. The quantitative estimate of drug-likeness (QED) is 0.911. The number of methoxy groups -OCH3 is 1. The lowest BCUT2D eigenvalue weighted by atomic mass is 10.2. The lowest BCUT2D eigenvalue weighted by Gasteiger charge is -2.11.